The highest BCUT2D eigenvalue weighted by Gasteiger charge is 2.40. The molecule has 0 aromatic heterocycles. The standard InChI is InChI=1S/C17H24O3/c1-12(2)14-9-10-17(3,11-15(14)18)20-16(19)13-7-5-4-6-8-13/h4-8,12,14-15,18H,9-11H2,1-3H3/t14-,15+,17+/m0/s1. The van der Waals surface area contributed by atoms with Crippen molar-refractivity contribution in [2.24, 2.45) is 11.8 Å². The van der Waals surface area contributed by atoms with Crippen molar-refractivity contribution in [3.63, 3.8) is 0 Å². The molecule has 3 atom stereocenters. The molecule has 0 aliphatic heterocycles. The van der Waals surface area contributed by atoms with Crippen LogP contribution in [-0.4, -0.2) is 22.8 Å². The van der Waals surface area contributed by atoms with Crippen molar-refractivity contribution in [1.82, 2.24) is 0 Å². The van der Waals surface area contributed by atoms with Gasteiger partial charge in [-0.15, -0.1) is 0 Å². The van der Waals surface area contributed by atoms with Gasteiger partial charge in [0.15, 0.2) is 0 Å². The number of carbonyl (C=O) groups excluding carboxylic acids is 1. The van der Waals surface area contributed by atoms with E-state index in [0.29, 0.717) is 23.8 Å². The zero-order valence-electron chi connectivity index (χ0n) is 12.5. The Balaban J connectivity index is 2.01. The summed E-state index contributed by atoms with van der Waals surface area (Å²) in [6, 6.07) is 9.02. The van der Waals surface area contributed by atoms with Crippen molar-refractivity contribution in [3.05, 3.63) is 35.9 Å². The number of esters is 1. The molecule has 0 spiro atoms. The van der Waals surface area contributed by atoms with Gasteiger partial charge in [-0.1, -0.05) is 32.0 Å². The molecule has 1 aliphatic rings. The van der Waals surface area contributed by atoms with Crippen LogP contribution in [0.2, 0.25) is 0 Å². The molecule has 0 saturated heterocycles. The maximum atomic E-state index is 12.1. The SMILES string of the molecule is CC(C)[C@@H]1CC[C@@](C)(OC(=O)c2ccccc2)C[C@H]1O. The first-order valence-electron chi connectivity index (χ1n) is 7.38. The zero-order chi connectivity index (χ0) is 14.8. The van der Waals surface area contributed by atoms with Gasteiger partial charge in [0.25, 0.3) is 0 Å². The van der Waals surface area contributed by atoms with Crippen LogP contribution in [0.3, 0.4) is 0 Å². The van der Waals surface area contributed by atoms with E-state index in [1.807, 2.05) is 25.1 Å². The van der Waals surface area contributed by atoms with E-state index in [0.717, 1.165) is 12.8 Å². The molecule has 3 heteroatoms. The monoisotopic (exact) mass is 276 g/mol. The lowest BCUT2D eigenvalue weighted by Gasteiger charge is -2.41. The van der Waals surface area contributed by atoms with Gasteiger partial charge in [0.2, 0.25) is 0 Å². The molecule has 1 saturated carbocycles. The number of aliphatic hydroxyl groups excluding tert-OH is 1. The first-order valence-corrected chi connectivity index (χ1v) is 7.38. The van der Waals surface area contributed by atoms with Crippen molar-refractivity contribution < 1.29 is 14.6 Å². The van der Waals surface area contributed by atoms with Crippen LogP contribution >= 0.6 is 0 Å². The Morgan fingerprint density at radius 3 is 2.55 bits per heavy atom. The van der Waals surface area contributed by atoms with Gasteiger partial charge >= 0.3 is 5.97 Å². The number of benzene rings is 1. The molecule has 1 fully saturated rings. The molecule has 0 radical (unpaired) electrons. The molecule has 1 aromatic carbocycles. The van der Waals surface area contributed by atoms with Gasteiger partial charge in [-0.3, -0.25) is 0 Å². The summed E-state index contributed by atoms with van der Waals surface area (Å²) in [6.07, 6.45) is 1.84. The van der Waals surface area contributed by atoms with E-state index in [1.54, 1.807) is 12.1 Å². The maximum absolute atomic E-state index is 12.1. The average Bonchev–Trinajstić information content (AvgIpc) is 2.38. The van der Waals surface area contributed by atoms with Gasteiger partial charge in [0, 0.05) is 6.42 Å². The van der Waals surface area contributed by atoms with Crippen molar-refractivity contribution in [2.45, 2.75) is 51.7 Å². The quantitative estimate of drug-likeness (QED) is 0.860. The fourth-order valence-corrected chi connectivity index (χ4v) is 3.09. The topological polar surface area (TPSA) is 46.5 Å². The number of ether oxygens (including phenoxy) is 1. The van der Waals surface area contributed by atoms with Crippen molar-refractivity contribution in [3.8, 4) is 0 Å². The Kier molecular flexibility index (Phi) is 4.48. The van der Waals surface area contributed by atoms with Gasteiger partial charge < -0.3 is 9.84 Å². The Morgan fingerprint density at radius 2 is 2.00 bits per heavy atom. The van der Waals surface area contributed by atoms with Crippen molar-refractivity contribution in [1.29, 1.82) is 0 Å². The normalized spacial score (nSPS) is 30.2. The molecule has 20 heavy (non-hydrogen) atoms. The smallest absolute Gasteiger partial charge is 0.338 e. The summed E-state index contributed by atoms with van der Waals surface area (Å²) in [6.45, 7) is 6.19. The van der Waals surface area contributed by atoms with E-state index in [2.05, 4.69) is 13.8 Å². The molecule has 0 heterocycles. The second-order valence-electron chi connectivity index (χ2n) is 6.42. The van der Waals surface area contributed by atoms with E-state index in [-0.39, 0.29) is 5.97 Å². The summed E-state index contributed by atoms with van der Waals surface area (Å²) in [4.78, 5) is 12.1. The number of aliphatic hydroxyl groups is 1. The predicted octanol–water partition coefficient (Wildman–Crippen LogP) is 3.42. The summed E-state index contributed by atoms with van der Waals surface area (Å²) in [5, 5.41) is 10.3. The molecule has 3 nitrogen and oxygen atoms in total. The molecule has 110 valence electrons. The lowest BCUT2D eigenvalue weighted by Crippen LogP contribution is -2.44. The van der Waals surface area contributed by atoms with Crippen LogP contribution in [0.1, 0.15) is 50.4 Å². The first kappa shape index (κ1) is 15.0. The number of hydrogen-bond acceptors (Lipinski definition) is 3. The third-order valence-electron chi connectivity index (χ3n) is 4.35. The molecule has 1 aliphatic carbocycles. The van der Waals surface area contributed by atoms with Crippen LogP contribution in [0.5, 0.6) is 0 Å². The summed E-state index contributed by atoms with van der Waals surface area (Å²) < 4.78 is 5.66. The van der Waals surface area contributed by atoms with Gasteiger partial charge in [0.1, 0.15) is 5.60 Å². The van der Waals surface area contributed by atoms with E-state index >= 15 is 0 Å². The molecule has 1 N–H and O–H groups in total. The Labute approximate surface area is 121 Å². The molecule has 0 unspecified atom stereocenters. The second kappa shape index (κ2) is 5.96. The van der Waals surface area contributed by atoms with E-state index < -0.39 is 11.7 Å². The predicted molar refractivity (Wildman–Crippen MR) is 78.4 cm³/mol. The van der Waals surface area contributed by atoms with Crippen LogP contribution < -0.4 is 0 Å². The molecular weight excluding hydrogens is 252 g/mol. The third-order valence-corrected chi connectivity index (χ3v) is 4.35. The Bertz CT molecular complexity index is 455. The number of hydrogen-bond donors (Lipinski definition) is 1. The van der Waals surface area contributed by atoms with E-state index in [9.17, 15) is 9.90 Å². The van der Waals surface area contributed by atoms with Crippen LogP contribution in [0, 0.1) is 11.8 Å². The van der Waals surface area contributed by atoms with Gasteiger partial charge in [-0.05, 0) is 43.7 Å². The lowest BCUT2D eigenvalue weighted by atomic mass is 9.73. The maximum Gasteiger partial charge on any atom is 0.338 e. The minimum absolute atomic E-state index is 0.303. The second-order valence-corrected chi connectivity index (χ2v) is 6.42. The Hall–Kier alpha value is -1.35. The van der Waals surface area contributed by atoms with E-state index in [1.165, 1.54) is 0 Å². The third kappa shape index (κ3) is 3.40. The highest BCUT2D eigenvalue weighted by molar-refractivity contribution is 5.89. The fraction of sp³-hybridized carbons (Fsp3) is 0.588. The lowest BCUT2D eigenvalue weighted by molar-refractivity contribution is -0.0816. The van der Waals surface area contributed by atoms with Gasteiger partial charge in [-0.25, -0.2) is 4.79 Å². The molecular formula is C17H24O3. The summed E-state index contributed by atoms with van der Waals surface area (Å²) >= 11 is 0. The molecule has 2 rings (SSSR count). The minimum Gasteiger partial charge on any atom is -0.456 e. The number of carbonyl (C=O) groups is 1. The highest BCUT2D eigenvalue weighted by atomic mass is 16.6. The van der Waals surface area contributed by atoms with Crippen LogP contribution in [0.4, 0.5) is 0 Å². The zero-order valence-corrected chi connectivity index (χ0v) is 12.5. The average molecular weight is 276 g/mol. The largest absolute Gasteiger partial charge is 0.456 e. The van der Waals surface area contributed by atoms with Crippen LogP contribution in [-0.2, 0) is 4.74 Å². The summed E-state index contributed by atoms with van der Waals surface area (Å²) in [7, 11) is 0. The van der Waals surface area contributed by atoms with Gasteiger partial charge in [0.05, 0.1) is 11.7 Å². The van der Waals surface area contributed by atoms with Crippen molar-refractivity contribution >= 4 is 5.97 Å². The van der Waals surface area contributed by atoms with Crippen LogP contribution in [0.25, 0.3) is 0 Å². The van der Waals surface area contributed by atoms with Crippen molar-refractivity contribution in [2.75, 3.05) is 0 Å². The summed E-state index contributed by atoms with van der Waals surface area (Å²) in [5.74, 6) is 0.459. The minimum atomic E-state index is -0.558. The van der Waals surface area contributed by atoms with E-state index in [4.69, 9.17) is 4.74 Å². The summed E-state index contributed by atoms with van der Waals surface area (Å²) in [5.41, 5.74) is 0.00627. The molecule has 0 amide bonds. The first-order chi connectivity index (χ1) is 9.41. The number of rotatable bonds is 3. The fourth-order valence-electron chi connectivity index (χ4n) is 3.09. The molecule has 1 aromatic rings. The van der Waals surface area contributed by atoms with Gasteiger partial charge in [-0.2, -0.15) is 0 Å². The Morgan fingerprint density at radius 1 is 1.35 bits per heavy atom. The van der Waals surface area contributed by atoms with Crippen LogP contribution in [0.15, 0.2) is 30.3 Å². The molecule has 0 bridgehead atoms. The highest BCUT2D eigenvalue weighted by Crippen LogP contribution is 2.38.